The van der Waals surface area contributed by atoms with E-state index in [2.05, 4.69) is 30.7 Å². The molecule has 0 aromatic rings. The van der Waals surface area contributed by atoms with Crippen LogP contribution >= 0.6 is 0 Å². The van der Waals surface area contributed by atoms with Crippen LogP contribution < -0.4 is 5.73 Å². The fraction of sp³-hybridized carbons (Fsp3) is 1.00. The third kappa shape index (κ3) is 3.21. The molecule has 0 aromatic heterocycles. The Bertz CT molecular complexity index is 252. The standard InChI is InChI=1S/C14H29N3/c1-14(2)11-17(10-9-16(14)3)8-7-12-5-4-6-13(12)15/h12-13H,4-11,15H2,1-3H3. The van der Waals surface area contributed by atoms with Gasteiger partial charge in [0.1, 0.15) is 0 Å². The molecule has 0 bridgehead atoms. The summed E-state index contributed by atoms with van der Waals surface area (Å²) in [5.74, 6) is 0.790. The van der Waals surface area contributed by atoms with E-state index in [0.29, 0.717) is 11.6 Å². The van der Waals surface area contributed by atoms with Crippen molar-refractivity contribution >= 4 is 0 Å². The Kier molecular flexibility index (Phi) is 4.11. The second-order valence-electron chi connectivity index (χ2n) is 6.65. The van der Waals surface area contributed by atoms with Gasteiger partial charge in [0.05, 0.1) is 0 Å². The fourth-order valence-corrected chi connectivity index (χ4v) is 3.30. The van der Waals surface area contributed by atoms with Crippen molar-refractivity contribution in [3.8, 4) is 0 Å². The van der Waals surface area contributed by atoms with Crippen LogP contribution in [0.15, 0.2) is 0 Å². The number of hydrogen-bond donors (Lipinski definition) is 1. The maximum atomic E-state index is 6.14. The van der Waals surface area contributed by atoms with Gasteiger partial charge in [-0.15, -0.1) is 0 Å². The molecule has 0 radical (unpaired) electrons. The van der Waals surface area contributed by atoms with E-state index in [1.165, 1.54) is 51.9 Å². The summed E-state index contributed by atoms with van der Waals surface area (Å²) < 4.78 is 0. The topological polar surface area (TPSA) is 32.5 Å². The van der Waals surface area contributed by atoms with E-state index in [-0.39, 0.29) is 0 Å². The minimum Gasteiger partial charge on any atom is -0.327 e. The highest BCUT2D eigenvalue weighted by Gasteiger charge is 2.31. The summed E-state index contributed by atoms with van der Waals surface area (Å²) in [5.41, 5.74) is 6.47. The van der Waals surface area contributed by atoms with Crippen LogP contribution in [0.1, 0.15) is 39.5 Å². The van der Waals surface area contributed by atoms with E-state index in [1.54, 1.807) is 0 Å². The number of likely N-dealkylation sites (N-methyl/N-ethyl adjacent to an activating group) is 1. The first-order chi connectivity index (χ1) is 7.99. The number of nitrogens with zero attached hydrogens (tertiary/aromatic N) is 2. The van der Waals surface area contributed by atoms with Crippen molar-refractivity contribution < 1.29 is 0 Å². The molecule has 2 aliphatic rings. The number of nitrogens with two attached hydrogens (primary N) is 1. The van der Waals surface area contributed by atoms with E-state index in [1.807, 2.05) is 0 Å². The zero-order valence-electron chi connectivity index (χ0n) is 11.8. The van der Waals surface area contributed by atoms with Crippen LogP contribution in [0.3, 0.4) is 0 Å². The molecule has 3 nitrogen and oxygen atoms in total. The normalized spacial score (nSPS) is 35.3. The molecular formula is C14H29N3. The largest absolute Gasteiger partial charge is 0.327 e. The summed E-state index contributed by atoms with van der Waals surface area (Å²) in [6.45, 7) is 9.56. The zero-order chi connectivity index (χ0) is 12.5. The summed E-state index contributed by atoms with van der Waals surface area (Å²) in [5, 5.41) is 0. The van der Waals surface area contributed by atoms with Crippen molar-refractivity contribution in [1.82, 2.24) is 9.80 Å². The van der Waals surface area contributed by atoms with E-state index < -0.39 is 0 Å². The van der Waals surface area contributed by atoms with E-state index >= 15 is 0 Å². The summed E-state index contributed by atoms with van der Waals surface area (Å²) in [4.78, 5) is 5.11. The van der Waals surface area contributed by atoms with E-state index in [0.717, 1.165) is 5.92 Å². The highest BCUT2D eigenvalue weighted by atomic mass is 15.3. The van der Waals surface area contributed by atoms with Gasteiger partial charge in [0.2, 0.25) is 0 Å². The Hall–Kier alpha value is -0.120. The van der Waals surface area contributed by atoms with Crippen LogP contribution in [0.5, 0.6) is 0 Å². The van der Waals surface area contributed by atoms with Crippen LogP contribution in [0.25, 0.3) is 0 Å². The molecule has 17 heavy (non-hydrogen) atoms. The predicted molar refractivity (Wildman–Crippen MR) is 73.1 cm³/mol. The quantitative estimate of drug-likeness (QED) is 0.811. The molecule has 2 rings (SSSR count). The van der Waals surface area contributed by atoms with Crippen molar-refractivity contribution in [2.45, 2.75) is 51.1 Å². The first kappa shape index (κ1) is 13.3. The van der Waals surface area contributed by atoms with Gasteiger partial charge in [-0.25, -0.2) is 0 Å². The van der Waals surface area contributed by atoms with Gasteiger partial charge in [0, 0.05) is 31.2 Å². The molecule has 0 amide bonds. The van der Waals surface area contributed by atoms with Gasteiger partial charge in [-0.1, -0.05) is 6.42 Å². The molecule has 1 heterocycles. The average molecular weight is 239 g/mol. The van der Waals surface area contributed by atoms with E-state index in [4.69, 9.17) is 5.73 Å². The predicted octanol–water partition coefficient (Wildman–Crippen LogP) is 1.53. The molecule has 1 saturated heterocycles. The third-order valence-electron chi connectivity index (χ3n) is 4.93. The molecule has 1 aliphatic carbocycles. The zero-order valence-corrected chi connectivity index (χ0v) is 11.8. The van der Waals surface area contributed by atoms with Crippen molar-refractivity contribution in [3.05, 3.63) is 0 Å². The van der Waals surface area contributed by atoms with Crippen LogP contribution in [-0.2, 0) is 0 Å². The van der Waals surface area contributed by atoms with Crippen molar-refractivity contribution in [2.75, 3.05) is 33.2 Å². The summed E-state index contributed by atoms with van der Waals surface area (Å²) >= 11 is 0. The molecule has 2 atom stereocenters. The van der Waals surface area contributed by atoms with E-state index in [9.17, 15) is 0 Å². The van der Waals surface area contributed by atoms with Crippen LogP contribution in [0.4, 0.5) is 0 Å². The van der Waals surface area contributed by atoms with Crippen molar-refractivity contribution in [2.24, 2.45) is 11.7 Å². The van der Waals surface area contributed by atoms with Crippen LogP contribution in [0, 0.1) is 5.92 Å². The molecular weight excluding hydrogens is 210 g/mol. The molecule has 1 aliphatic heterocycles. The van der Waals surface area contributed by atoms with Gasteiger partial charge in [-0.3, -0.25) is 4.90 Å². The van der Waals surface area contributed by atoms with Crippen molar-refractivity contribution in [3.63, 3.8) is 0 Å². The molecule has 2 N–H and O–H groups in total. The molecule has 0 aromatic carbocycles. The fourth-order valence-electron chi connectivity index (χ4n) is 3.30. The third-order valence-corrected chi connectivity index (χ3v) is 4.93. The highest BCUT2D eigenvalue weighted by Crippen LogP contribution is 2.27. The maximum Gasteiger partial charge on any atom is 0.0277 e. The minimum atomic E-state index is 0.329. The van der Waals surface area contributed by atoms with Gasteiger partial charge in [0.25, 0.3) is 0 Å². The van der Waals surface area contributed by atoms with Crippen LogP contribution in [-0.4, -0.2) is 54.6 Å². The monoisotopic (exact) mass is 239 g/mol. The first-order valence-electron chi connectivity index (χ1n) is 7.18. The smallest absolute Gasteiger partial charge is 0.0277 e. The Labute approximate surface area is 106 Å². The minimum absolute atomic E-state index is 0.329. The lowest BCUT2D eigenvalue weighted by Gasteiger charge is -2.45. The Morgan fingerprint density at radius 1 is 1.24 bits per heavy atom. The SMILES string of the molecule is CN1CCN(CCC2CCCC2N)CC1(C)C. The summed E-state index contributed by atoms with van der Waals surface area (Å²) in [6.07, 6.45) is 5.26. The first-order valence-corrected chi connectivity index (χ1v) is 7.18. The lowest BCUT2D eigenvalue weighted by Crippen LogP contribution is -2.57. The molecule has 0 spiro atoms. The van der Waals surface area contributed by atoms with Gasteiger partial charge in [-0.2, -0.15) is 0 Å². The van der Waals surface area contributed by atoms with Gasteiger partial charge < -0.3 is 10.6 Å². The molecule has 2 fully saturated rings. The Balaban J connectivity index is 1.76. The number of piperazine rings is 1. The molecule has 3 heteroatoms. The average Bonchev–Trinajstić information content (AvgIpc) is 2.66. The highest BCUT2D eigenvalue weighted by molar-refractivity contribution is 4.89. The lowest BCUT2D eigenvalue weighted by atomic mass is 9.97. The lowest BCUT2D eigenvalue weighted by molar-refractivity contribution is 0.0371. The Morgan fingerprint density at radius 3 is 2.59 bits per heavy atom. The van der Waals surface area contributed by atoms with Crippen LogP contribution in [0.2, 0.25) is 0 Å². The number of hydrogen-bond acceptors (Lipinski definition) is 3. The second kappa shape index (κ2) is 5.25. The van der Waals surface area contributed by atoms with Gasteiger partial charge in [0.15, 0.2) is 0 Å². The van der Waals surface area contributed by atoms with Crippen molar-refractivity contribution in [1.29, 1.82) is 0 Å². The second-order valence-corrected chi connectivity index (χ2v) is 6.65. The van der Waals surface area contributed by atoms with Gasteiger partial charge in [-0.05, 0) is 52.6 Å². The Morgan fingerprint density at radius 2 is 2.00 bits per heavy atom. The molecule has 2 unspecified atom stereocenters. The number of rotatable bonds is 3. The molecule has 1 saturated carbocycles. The van der Waals surface area contributed by atoms with Gasteiger partial charge >= 0.3 is 0 Å². The summed E-state index contributed by atoms with van der Waals surface area (Å²) in [6, 6.07) is 0.482. The summed E-state index contributed by atoms with van der Waals surface area (Å²) in [7, 11) is 2.24. The maximum absolute atomic E-state index is 6.14. The molecule has 100 valence electrons.